The molecular formula is C14H25N3O2S. The Bertz CT molecular complexity index is 452. The lowest BCUT2D eigenvalue weighted by atomic mass is 10.3. The molecule has 1 heterocycles. The lowest BCUT2D eigenvalue weighted by molar-refractivity contribution is 0.100. The van der Waals surface area contributed by atoms with Crippen LogP contribution >= 0.6 is 11.3 Å². The minimum atomic E-state index is -0.500. The fourth-order valence-corrected chi connectivity index (χ4v) is 3.07. The number of carbonyl (C=O) groups is 1. The number of carbonyl (C=O) groups excluding carboxylic acids is 1. The summed E-state index contributed by atoms with van der Waals surface area (Å²) in [4.78, 5) is 14.1. The van der Waals surface area contributed by atoms with Crippen molar-refractivity contribution in [3.05, 3.63) is 4.88 Å². The van der Waals surface area contributed by atoms with Crippen molar-refractivity contribution in [1.82, 2.24) is 0 Å². The lowest BCUT2D eigenvalue weighted by Gasteiger charge is -2.24. The van der Waals surface area contributed by atoms with E-state index in [0.29, 0.717) is 16.3 Å². The predicted octanol–water partition coefficient (Wildman–Crippen LogP) is 2.84. The molecule has 0 fully saturated rings. The second-order valence-electron chi connectivity index (χ2n) is 5.00. The minimum Gasteiger partial charge on any atom is -0.486 e. The third kappa shape index (κ3) is 3.79. The highest BCUT2D eigenvalue weighted by Gasteiger charge is 2.24. The summed E-state index contributed by atoms with van der Waals surface area (Å²) in [5.74, 6) is 0.0982. The molecule has 0 bridgehead atoms. The van der Waals surface area contributed by atoms with E-state index in [2.05, 4.69) is 18.7 Å². The van der Waals surface area contributed by atoms with Crippen molar-refractivity contribution in [2.45, 2.75) is 46.6 Å². The van der Waals surface area contributed by atoms with Crippen LogP contribution in [0.4, 0.5) is 10.7 Å². The minimum absolute atomic E-state index is 0.00326. The molecule has 1 aromatic rings. The van der Waals surface area contributed by atoms with Crippen molar-refractivity contribution in [3.63, 3.8) is 0 Å². The van der Waals surface area contributed by atoms with Crippen molar-refractivity contribution in [2.24, 2.45) is 5.73 Å². The fourth-order valence-electron chi connectivity index (χ4n) is 2.01. The maximum absolute atomic E-state index is 11.5. The highest BCUT2D eigenvalue weighted by molar-refractivity contribution is 7.19. The number of rotatable bonds is 8. The van der Waals surface area contributed by atoms with E-state index < -0.39 is 5.91 Å². The van der Waals surface area contributed by atoms with Crippen LogP contribution in [0.25, 0.3) is 0 Å². The molecule has 0 spiro atoms. The van der Waals surface area contributed by atoms with Crippen LogP contribution in [0, 0.1) is 0 Å². The third-order valence-corrected chi connectivity index (χ3v) is 4.00. The van der Waals surface area contributed by atoms with E-state index in [1.807, 2.05) is 13.8 Å². The smallest absolute Gasteiger partial charge is 0.261 e. The van der Waals surface area contributed by atoms with E-state index in [4.69, 9.17) is 16.2 Å². The molecule has 5 nitrogen and oxygen atoms in total. The van der Waals surface area contributed by atoms with E-state index in [1.54, 1.807) is 0 Å². The fraction of sp³-hybridized carbons (Fsp3) is 0.643. The second kappa shape index (κ2) is 7.38. The summed E-state index contributed by atoms with van der Waals surface area (Å²) in [6.45, 7) is 9.93. The van der Waals surface area contributed by atoms with Crippen LogP contribution in [-0.2, 0) is 0 Å². The number of hydrogen-bond donors (Lipinski definition) is 2. The molecule has 0 unspecified atom stereocenters. The molecule has 0 atom stereocenters. The average Bonchev–Trinajstić information content (AvgIpc) is 2.66. The van der Waals surface area contributed by atoms with Gasteiger partial charge < -0.3 is 21.1 Å². The second-order valence-corrected chi connectivity index (χ2v) is 6.00. The number of nitrogen functional groups attached to an aromatic ring is 1. The Labute approximate surface area is 124 Å². The number of thiophene rings is 1. The Morgan fingerprint density at radius 3 is 2.25 bits per heavy atom. The number of nitrogens with zero attached hydrogens (tertiary/aromatic N) is 1. The van der Waals surface area contributed by atoms with Crippen LogP contribution in [-0.4, -0.2) is 25.1 Å². The van der Waals surface area contributed by atoms with Gasteiger partial charge in [0.2, 0.25) is 0 Å². The summed E-state index contributed by atoms with van der Waals surface area (Å²) < 4.78 is 5.82. The molecule has 1 aromatic heterocycles. The molecule has 1 amide bonds. The van der Waals surface area contributed by atoms with E-state index in [1.165, 1.54) is 11.3 Å². The first kappa shape index (κ1) is 16.6. The molecule has 1 rings (SSSR count). The van der Waals surface area contributed by atoms with Crippen molar-refractivity contribution < 1.29 is 9.53 Å². The first-order chi connectivity index (χ1) is 9.42. The Morgan fingerprint density at radius 2 is 1.85 bits per heavy atom. The predicted molar refractivity (Wildman–Crippen MR) is 85.8 cm³/mol. The van der Waals surface area contributed by atoms with Crippen LogP contribution in [0.5, 0.6) is 5.75 Å². The van der Waals surface area contributed by atoms with Gasteiger partial charge in [-0.05, 0) is 26.7 Å². The molecule has 0 radical (unpaired) electrons. The highest BCUT2D eigenvalue weighted by atomic mass is 32.1. The Morgan fingerprint density at radius 1 is 1.30 bits per heavy atom. The van der Waals surface area contributed by atoms with Crippen LogP contribution < -0.4 is 21.1 Å². The Balaban J connectivity index is 3.26. The number of nitrogens with two attached hydrogens (primary N) is 2. The topological polar surface area (TPSA) is 81.6 Å². The first-order valence-corrected chi connectivity index (χ1v) is 7.87. The summed E-state index contributed by atoms with van der Waals surface area (Å²) >= 11 is 1.33. The van der Waals surface area contributed by atoms with Gasteiger partial charge in [-0.3, -0.25) is 4.79 Å². The lowest BCUT2D eigenvalue weighted by Crippen LogP contribution is -2.24. The molecular weight excluding hydrogens is 274 g/mol. The van der Waals surface area contributed by atoms with Crippen LogP contribution in [0.2, 0.25) is 0 Å². The van der Waals surface area contributed by atoms with Gasteiger partial charge in [0.05, 0.1) is 6.10 Å². The molecule has 20 heavy (non-hydrogen) atoms. The summed E-state index contributed by atoms with van der Waals surface area (Å²) in [5.41, 5.74) is 11.8. The van der Waals surface area contributed by atoms with Gasteiger partial charge in [-0.15, -0.1) is 11.3 Å². The number of ether oxygens (including phenoxy) is 1. The molecule has 0 aliphatic rings. The van der Waals surface area contributed by atoms with Crippen molar-refractivity contribution in [1.29, 1.82) is 0 Å². The standard InChI is InChI=1S/C14H25N3O2S/c1-5-7-17(8-6-2)14-11(19-9(3)4)10(15)12(20-14)13(16)18/h9H,5-8,15H2,1-4H3,(H2,16,18). The average molecular weight is 299 g/mol. The van der Waals surface area contributed by atoms with Crippen molar-refractivity contribution in [3.8, 4) is 5.75 Å². The van der Waals surface area contributed by atoms with Gasteiger partial charge in [0.25, 0.3) is 5.91 Å². The maximum Gasteiger partial charge on any atom is 0.261 e. The number of primary amides is 1. The van der Waals surface area contributed by atoms with Gasteiger partial charge in [0.1, 0.15) is 15.6 Å². The van der Waals surface area contributed by atoms with Gasteiger partial charge in [0, 0.05) is 13.1 Å². The molecule has 4 N–H and O–H groups in total. The zero-order chi connectivity index (χ0) is 15.3. The zero-order valence-electron chi connectivity index (χ0n) is 12.7. The van der Waals surface area contributed by atoms with Crippen LogP contribution in [0.15, 0.2) is 0 Å². The first-order valence-electron chi connectivity index (χ1n) is 7.05. The van der Waals surface area contributed by atoms with E-state index >= 15 is 0 Å². The monoisotopic (exact) mass is 299 g/mol. The summed E-state index contributed by atoms with van der Waals surface area (Å²) in [5, 5.41) is 0.911. The van der Waals surface area contributed by atoms with Gasteiger partial charge >= 0.3 is 0 Å². The van der Waals surface area contributed by atoms with E-state index in [0.717, 1.165) is 30.9 Å². The Hall–Kier alpha value is -1.43. The van der Waals surface area contributed by atoms with Gasteiger partial charge in [-0.1, -0.05) is 13.8 Å². The van der Waals surface area contributed by atoms with E-state index in [9.17, 15) is 4.79 Å². The van der Waals surface area contributed by atoms with Gasteiger partial charge in [-0.2, -0.15) is 0 Å². The Kier molecular flexibility index (Phi) is 6.13. The van der Waals surface area contributed by atoms with Crippen molar-refractivity contribution in [2.75, 3.05) is 23.7 Å². The van der Waals surface area contributed by atoms with Crippen LogP contribution in [0.3, 0.4) is 0 Å². The molecule has 0 aromatic carbocycles. The normalized spacial score (nSPS) is 10.8. The largest absolute Gasteiger partial charge is 0.486 e. The highest BCUT2D eigenvalue weighted by Crippen LogP contribution is 2.45. The van der Waals surface area contributed by atoms with Gasteiger partial charge in [0.15, 0.2) is 5.75 Å². The molecule has 0 saturated heterocycles. The van der Waals surface area contributed by atoms with Crippen molar-refractivity contribution >= 4 is 27.9 Å². The maximum atomic E-state index is 11.5. The zero-order valence-corrected chi connectivity index (χ0v) is 13.5. The molecule has 0 aliphatic carbocycles. The third-order valence-electron chi connectivity index (χ3n) is 2.73. The SMILES string of the molecule is CCCN(CCC)c1sc(C(N)=O)c(N)c1OC(C)C. The summed E-state index contributed by atoms with van der Waals surface area (Å²) in [6.07, 6.45) is 2.03. The van der Waals surface area contributed by atoms with Crippen LogP contribution in [0.1, 0.15) is 50.2 Å². The molecule has 6 heteroatoms. The quantitative estimate of drug-likeness (QED) is 0.773. The number of anilines is 2. The molecule has 0 aliphatic heterocycles. The molecule has 0 saturated carbocycles. The number of hydrogen-bond acceptors (Lipinski definition) is 5. The van der Waals surface area contributed by atoms with E-state index in [-0.39, 0.29) is 6.10 Å². The molecule has 114 valence electrons. The summed E-state index contributed by atoms with van der Waals surface area (Å²) in [6, 6.07) is 0. The number of amides is 1. The van der Waals surface area contributed by atoms with Gasteiger partial charge in [-0.25, -0.2) is 0 Å². The summed E-state index contributed by atoms with van der Waals surface area (Å²) in [7, 11) is 0.